The summed E-state index contributed by atoms with van der Waals surface area (Å²) in [6.07, 6.45) is 0.753. The van der Waals surface area contributed by atoms with Crippen LogP contribution in [0.5, 0.6) is 11.5 Å². The highest BCUT2D eigenvalue weighted by molar-refractivity contribution is 7.15. The normalized spacial score (nSPS) is 13.1. The smallest absolute Gasteiger partial charge is 0.348 e. The average molecular weight is 389 g/mol. The summed E-state index contributed by atoms with van der Waals surface area (Å²) in [6, 6.07) is 7.30. The van der Waals surface area contributed by atoms with E-state index >= 15 is 0 Å². The van der Waals surface area contributed by atoms with Crippen LogP contribution in [0.2, 0.25) is 0 Å². The second-order valence-corrected chi connectivity index (χ2v) is 7.15. The van der Waals surface area contributed by atoms with E-state index in [9.17, 15) is 9.59 Å². The molecule has 1 amide bonds. The van der Waals surface area contributed by atoms with Crippen LogP contribution in [0.25, 0.3) is 0 Å². The maximum Gasteiger partial charge on any atom is 0.348 e. The number of carbonyl (C=O) groups excluding carboxylic acids is 2. The third-order valence-corrected chi connectivity index (χ3v) is 5.42. The highest BCUT2D eigenvalue weighted by Gasteiger charge is 2.25. The lowest BCUT2D eigenvalue weighted by Crippen LogP contribution is -2.35. The van der Waals surface area contributed by atoms with Crippen LogP contribution >= 0.6 is 11.3 Å². The lowest BCUT2D eigenvalue weighted by Gasteiger charge is -2.29. The topological polar surface area (TPSA) is 65.1 Å². The Hall–Kier alpha value is -2.54. The molecule has 27 heavy (non-hydrogen) atoms. The first-order chi connectivity index (χ1) is 13.1. The summed E-state index contributed by atoms with van der Waals surface area (Å²) < 4.78 is 16.1. The van der Waals surface area contributed by atoms with Gasteiger partial charge in [-0.3, -0.25) is 4.79 Å². The van der Waals surface area contributed by atoms with E-state index in [4.69, 9.17) is 14.2 Å². The fourth-order valence-corrected chi connectivity index (χ4v) is 3.99. The second-order valence-electron chi connectivity index (χ2n) is 6.07. The molecule has 1 aromatic heterocycles. The van der Waals surface area contributed by atoms with Gasteiger partial charge < -0.3 is 19.1 Å². The highest BCUT2D eigenvalue weighted by Crippen LogP contribution is 2.34. The average Bonchev–Trinajstić information content (AvgIpc) is 3.17. The van der Waals surface area contributed by atoms with Gasteiger partial charge in [-0.25, -0.2) is 4.79 Å². The van der Waals surface area contributed by atoms with E-state index in [1.807, 2.05) is 26.0 Å². The first-order valence-electron chi connectivity index (χ1n) is 8.96. The van der Waals surface area contributed by atoms with Crippen molar-refractivity contribution in [3.63, 3.8) is 0 Å². The number of esters is 1. The molecule has 1 aliphatic heterocycles. The summed E-state index contributed by atoms with van der Waals surface area (Å²) >= 11 is 1.16. The van der Waals surface area contributed by atoms with Gasteiger partial charge in [-0.2, -0.15) is 0 Å². The molecule has 0 spiro atoms. The van der Waals surface area contributed by atoms with Crippen molar-refractivity contribution in [3.05, 3.63) is 45.1 Å². The summed E-state index contributed by atoms with van der Waals surface area (Å²) in [6.45, 7) is 6.13. The molecule has 1 aliphatic rings. The lowest BCUT2D eigenvalue weighted by molar-refractivity contribution is 0.0606. The number of thiophene rings is 1. The summed E-state index contributed by atoms with van der Waals surface area (Å²) in [4.78, 5) is 27.2. The van der Waals surface area contributed by atoms with Crippen LogP contribution < -0.4 is 9.47 Å². The fraction of sp³-hybridized carbons (Fsp3) is 0.400. The number of methoxy groups -OCH3 is 1. The van der Waals surface area contributed by atoms with Gasteiger partial charge in [-0.1, -0.05) is 0 Å². The van der Waals surface area contributed by atoms with E-state index in [1.165, 1.54) is 12.7 Å². The van der Waals surface area contributed by atoms with Crippen molar-refractivity contribution in [2.75, 3.05) is 26.9 Å². The molecule has 0 unspecified atom stereocenters. The molecular formula is C20H23NO5S. The number of amides is 1. The Labute approximate surface area is 162 Å². The van der Waals surface area contributed by atoms with Crippen molar-refractivity contribution in [2.24, 2.45) is 0 Å². The molecule has 1 aromatic carbocycles. The van der Waals surface area contributed by atoms with Crippen LogP contribution in [-0.2, 0) is 17.7 Å². The van der Waals surface area contributed by atoms with Gasteiger partial charge in [-0.05, 0) is 55.7 Å². The summed E-state index contributed by atoms with van der Waals surface area (Å²) in [5.41, 5.74) is 2.23. The van der Waals surface area contributed by atoms with E-state index in [2.05, 4.69) is 0 Å². The monoisotopic (exact) mass is 389 g/mol. The molecule has 2 heterocycles. The molecule has 6 nitrogen and oxygen atoms in total. The van der Waals surface area contributed by atoms with Crippen LogP contribution in [0.1, 0.15) is 44.3 Å². The second kappa shape index (κ2) is 8.43. The van der Waals surface area contributed by atoms with Crippen molar-refractivity contribution < 1.29 is 23.8 Å². The van der Waals surface area contributed by atoms with E-state index in [1.54, 1.807) is 17.0 Å². The number of fused-ring (bicyclic) bond motifs is 1. The number of benzene rings is 1. The maximum atomic E-state index is 12.8. The van der Waals surface area contributed by atoms with Gasteiger partial charge in [0.2, 0.25) is 0 Å². The predicted octanol–water partition coefficient (Wildman–Crippen LogP) is 3.53. The Balaban J connectivity index is 1.80. The van der Waals surface area contributed by atoms with E-state index in [0.717, 1.165) is 29.1 Å². The van der Waals surface area contributed by atoms with Crippen LogP contribution in [-0.4, -0.2) is 43.6 Å². The molecule has 0 saturated heterocycles. The van der Waals surface area contributed by atoms with Crippen molar-refractivity contribution >= 4 is 23.2 Å². The largest absolute Gasteiger partial charge is 0.490 e. The Morgan fingerprint density at radius 2 is 1.67 bits per heavy atom. The molecular weight excluding hydrogens is 366 g/mol. The van der Waals surface area contributed by atoms with Crippen molar-refractivity contribution in [2.45, 2.75) is 26.8 Å². The summed E-state index contributed by atoms with van der Waals surface area (Å²) in [7, 11) is 1.33. The molecule has 0 fully saturated rings. The molecule has 3 rings (SSSR count). The van der Waals surface area contributed by atoms with Gasteiger partial charge in [0.15, 0.2) is 11.5 Å². The zero-order chi connectivity index (χ0) is 19.4. The fourth-order valence-electron chi connectivity index (χ4n) is 3.09. The molecule has 0 N–H and O–H groups in total. The van der Waals surface area contributed by atoms with Crippen molar-refractivity contribution in [1.29, 1.82) is 0 Å². The number of ether oxygens (including phenoxy) is 3. The number of carbonyl (C=O) groups is 2. The first kappa shape index (κ1) is 19.2. The van der Waals surface area contributed by atoms with Crippen molar-refractivity contribution in [3.8, 4) is 11.5 Å². The van der Waals surface area contributed by atoms with E-state index < -0.39 is 5.97 Å². The zero-order valence-corrected chi connectivity index (χ0v) is 16.6. The Bertz CT molecular complexity index is 845. The molecule has 2 aromatic rings. The number of nitrogens with zero attached hydrogens (tertiary/aromatic N) is 1. The molecule has 0 radical (unpaired) electrons. The van der Waals surface area contributed by atoms with Gasteiger partial charge in [0.25, 0.3) is 5.91 Å². The molecule has 0 aliphatic carbocycles. The lowest BCUT2D eigenvalue weighted by atomic mass is 9.98. The number of hydrogen-bond acceptors (Lipinski definition) is 6. The highest BCUT2D eigenvalue weighted by atomic mass is 32.1. The SMILES string of the molecule is CCOc1cc2c(cc1OCC)CN(C(=O)c1ccc(C(=O)OC)s1)CC2. The Morgan fingerprint density at radius 3 is 2.30 bits per heavy atom. The predicted molar refractivity (Wildman–Crippen MR) is 103 cm³/mol. The third-order valence-electron chi connectivity index (χ3n) is 4.37. The molecule has 0 atom stereocenters. The molecule has 0 bridgehead atoms. The molecule has 0 saturated carbocycles. The molecule has 7 heteroatoms. The minimum Gasteiger partial charge on any atom is -0.490 e. The van der Waals surface area contributed by atoms with Gasteiger partial charge in [0.1, 0.15) is 4.88 Å². The Morgan fingerprint density at radius 1 is 1.04 bits per heavy atom. The van der Waals surface area contributed by atoms with Crippen LogP contribution in [0.15, 0.2) is 24.3 Å². The van der Waals surface area contributed by atoms with Gasteiger partial charge in [0.05, 0.1) is 25.2 Å². The minimum absolute atomic E-state index is 0.0763. The van der Waals surface area contributed by atoms with E-state index in [-0.39, 0.29) is 5.91 Å². The van der Waals surface area contributed by atoms with E-state index in [0.29, 0.717) is 41.8 Å². The zero-order valence-electron chi connectivity index (χ0n) is 15.7. The maximum absolute atomic E-state index is 12.8. The minimum atomic E-state index is -0.423. The van der Waals surface area contributed by atoms with Gasteiger partial charge in [-0.15, -0.1) is 11.3 Å². The summed E-state index contributed by atoms with van der Waals surface area (Å²) in [5.74, 6) is 0.954. The van der Waals surface area contributed by atoms with Gasteiger partial charge in [0, 0.05) is 13.1 Å². The van der Waals surface area contributed by atoms with Crippen LogP contribution in [0, 0.1) is 0 Å². The molecule has 144 valence electrons. The number of hydrogen-bond donors (Lipinski definition) is 0. The van der Waals surface area contributed by atoms with Crippen LogP contribution in [0.4, 0.5) is 0 Å². The first-order valence-corrected chi connectivity index (χ1v) is 9.77. The number of rotatable bonds is 6. The standard InChI is InChI=1S/C20H23NO5S/c1-4-25-15-10-13-8-9-21(12-14(13)11-16(15)26-5-2)19(22)17-6-7-18(27-17)20(23)24-3/h6-7,10-11H,4-5,8-9,12H2,1-3H3. The quantitative estimate of drug-likeness (QED) is 0.707. The van der Waals surface area contributed by atoms with Gasteiger partial charge >= 0.3 is 5.97 Å². The Kier molecular flexibility index (Phi) is 6.01. The van der Waals surface area contributed by atoms with Crippen LogP contribution in [0.3, 0.4) is 0 Å². The van der Waals surface area contributed by atoms with Crippen molar-refractivity contribution in [1.82, 2.24) is 4.90 Å². The summed E-state index contributed by atoms with van der Waals surface area (Å²) in [5, 5.41) is 0. The third kappa shape index (κ3) is 4.08.